The molecular weight excluding hydrogens is 244 g/mol. The van der Waals surface area contributed by atoms with Gasteiger partial charge in [-0.1, -0.05) is 19.3 Å². The molecule has 2 fully saturated rings. The summed E-state index contributed by atoms with van der Waals surface area (Å²) in [5, 5.41) is 6.48. The van der Waals surface area contributed by atoms with Crippen LogP contribution in [0.5, 0.6) is 0 Å². The molecule has 0 unspecified atom stereocenters. The third kappa shape index (κ3) is 4.16. The number of rotatable bonds is 3. The standard InChI is InChI=1S/C14H26N2OS/c17-14(13(18)11-5-2-1-3-6-11)16-12-7-4-9-15-10-8-12/h11-13,15,18H,1-10H2,(H,16,17)/t12-,13-/m0/s1. The molecule has 18 heavy (non-hydrogen) atoms. The van der Waals surface area contributed by atoms with Crippen molar-refractivity contribution in [2.24, 2.45) is 5.92 Å². The van der Waals surface area contributed by atoms with Gasteiger partial charge in [-0.25, -0.2) is 0 Å². The van der Waals surface area contributed by atoms with E-state index in [-0.39, 0.29) is 11.2 Å². The van der Waals surface area contributed by atoms with Gasteiger partial charge in [-0.3, -0.25) is 4.79 Å². The van der Waals surface area contributed by atoms with Crippen molar-refractivity contribution in [3.8, 4) is 0 Å². The van der Waals surface area contributed by atoms with Crippen molar-refractivity contribution < 1.29 is 4.79 Å². The van der Waals surface area contributed by atoms with Crippen LogP contribution in [0.2, 0.25) is 0 Å². The molecule has 1 amide bonds. The highest BCUT2D eigenvalue weighted by Crippen LogP contribution is 2.29. The summed E-state index contributed by atoms with van der Waals surface area (Å²) in [6.07, 6.45) is 9.52. The maximum Gasteiger partial charge on any atom is 0.233 e. The molecule has 0 aromatic heterocycles. The fourth-order valence-corrected chi connectivity index (χ4v) is 3.49. The van der Waals surface area contributed by atoms with E-state index in [1.54, 1.807) is 0 Å². The van der Waals surface area contributed by atoms with Gasteiger partial charge in [0.15, 0.2) is 0 Å². The third-order valence-corrected chi connectivity index (χ3v) is 4.94. The molecule has 0 aromatic rings. The Balaban J connectivity index is 1.78. The molecule has 3 nitrogen and oxygen atoms in total. The molecule has 1 heterocycles. The minimum atomic E-state index is -0.0958. The number of carbonyl (C=O) groups excluding carboxylic acids is 1. The molecule has 1 saturated heterocycles. The van der Waals surface area contributed by atoms with Crippen LogP contribution in [-0.2, 0) is 4.79 Å². The minimum Gasteiger partial charge on any atom is -0.352 e. The van der Waals surface area contributed by atoms with E-state index in [1.807, 2.05) is 0 Å². The van der Waals surface area contributed by atoms with Crippen molar-refractivity contribution in [1.29, 1.82) is 0 Å². The monoisotopic (exact) mass is 270 g/mol. The van der Waals surface area contributed by atoms with E-state index in [1.165, 1.54) is 32.1 Å². The summed E-state index contributed by atoms with van der Waals surface area (Å²) in [4.78, 5) is 12.2. The average molecular weight is 270 g/mol. The van der Waals surface area contributed by atoms with E-state index < -0.39 is 0 Å². The number of hydrogen-bond donors (Lipinski definition) is 3. The number of hydrogen-bond acceptors (Lipinski definition) is 3. The summed E-state index contributed by atoms with van der Waals surface area (Å²) < 4.78 is 0. The second-order valence-corrected chi connectivity index (χ2v) is 6.29. The smallest absolute Gasteiger partial charge is 0.233 e. The molecule has 0 radical (unpaired) electrons. The maximum absolute atomic E-state index is 12.2. The zero-order valence-electron chi connectivity index (χ0n) is 11.2. The molecule has 2 atom stereocenters. The summed E-state index contributed by atoms with van der Waals surface area (Å²) in [6, 6.07) is 0.353. The first-order valence-corrected chi connectivity index (χ1v) is 7.98. The topological polar surface area (TPSA) is 41.1 Å². The van der Waals surface area contributed by atoms with Crippen LogP contribution >= 0.6 is 12.6 Å². The van der Waals surface area contributed by atoms with Crippen molar-refractivity contribution in [2.75, 3.05) is 13.1 Å². The van der Waals surface area contributed by atoms with Crippen LogP contribution in [0, 0.1) is 5.92 Å². The zero-order chi connectivity index (χ0) is 12.8. The molecule has 2 rings (SSSR count). The highest BCUT2D eigenvalue weighted by atomic mass is 32.1. The molecule has 1 aliphatic heterocycles. The molecule has 104 valence electrons. The van der Waals surface area contributed by atoms with E-state index in [9.17, 15) is 4.79 Å². The molecule has 0 spiro atoms. The predicted octanol–water partition coefficient (Wildman–Crippen LogP) is 2.12. The van der Waals surface area contributed by atoms with Gasteiger partial charge in [0, 0.05) is 6.04 Å². The number of thiol groups is 1. The lowest BCUT2D eigenvalue weighted by Gasteiger charge is -2.27. The fourth-order valence-electron chi connectivity index (χ4n) is 3.11. The first kappa shape index (κ1) is 14.2. The Labute approximate surface area is 116 Å². The first-order chi connectivity index (χ1) is 8.77. The summed E-state index contributed by atoms with van der Waals surface area (Å²) in [5.41, 5.74) is 0. The van der Waals surface area contributed by atoms with Gasteiger partial charge >= 0.3 is 0 Å². The van der Waals surface area contributed by atoms with Crippen LogP contribution in [0.25, 0.3) is 0 Å². The highest BCUT2D eigenvalue weighted by Gasteiger charge is 2.27. The van der Waals surface area contributed by atoms with E-state index in [0.717, 1.165) is 32.4 Å². The van der Waals surface area contributed by atoms with Gasteiger partial charge in [0.25, 0.3) is 0 Å². The fraction of sp³-hybridized carbons (Fsp3) is 0.929. The van der Waals surface area contributed by atoms with Gasteiger partial charge in [0.1, 0.15) is 0 Å². The Morgan fingerprint density at radius 3 is 2.61 bits per heavy atom. The van der Waals surface area contributed by atoms with Gasteiger partial charge in [0.2, 0.25) is 5.91 Å². The molecule has 4 heteroatoms. The lowest BCUT2D eigenvalue weighted by Crippen LogP contribution is -2.42. The summed E-state index contributed by atoms with van der Waals surface area (Å²) in [7, 11) is 0. The summed E-state index contributed by atoms with van der Waals surface area (Å²) in [5.74, 6) is 0.656. The van der Waals surface area contributed by atoms with Crippen molar-refractivity contribution in [2.45, 2.75) is 62.7 Å². The van der Waals surface area contributed by atoms with Crippen LogP contribution in [-0.4, -0.2) is 30.3 Å². The van der Waals surface area contributed by atoms with Crippen LogP contribution in [0.4, 0.5) is 0 Å². The van der Waals surface area contributed by atoms with Crippen LogP contribution in [0.1, 0.15) is 51.4 Å². The van der Waals surface area contributed by atoms with Crippen LogP contribution in [0.3, 0.4) is 0 Å². The van der Waals surface area contributed by atoms with Crippen LogP contribution in [0.15, 0.2) is 0 Å². The Kier molecular flexibility index (Phi) is 5.83. The van der Waals surface area contributed by atoms with Gasteiger partial charge < -0.3 is 10.6 Å². The summed E-state index contributed by atoms with van der Waals surface area (Å²) >= 11 is 4.57. The Bertz CT molecular complexity index is 259. The average Bonchev–Trinajstić information content (AvgIpc) is 2.67. The first-order valence-electron chi connectivity index (χ1n) is 7.46. The van der Waals surface area contributed by atoms with E-state index in [2.05, 4.69) is 23.3 Å². The normalized spacial score (nSPS) is 28.4. The van der Waals surface area contributed by atoms with Crippen molar-refractivity contribution >= 4 is 18.5 Å². The second kappa shape index (κ2) is 7.39. The van der Waals surface area contributed by atoms with E-state index >= 15 is 0 Å². The zero-order valence-corrected chi connectivity index (χ0v) is 12.1. The molecule has 2 aliphatic rings. The number of carbonyl (C=O) groups is 1. The van der Waals surface area contributed by atoms with Gasteiger partial charge in [-0.05, 0) is 51.1 Å². The van der Waals surface area contributed by atoms with Gasteiger partial charge in [-0.15, -0.1) is 0 Å². The largest absolute Gasteiger partial charge is 0.352 e. The van der Waals surface area contributed by atoms with Crippen molar-refractivity contribution in [3.05, 3.63) is 0 Å². The number of amides is 1. The Morgan fingerprint density at radius 1 is 1.06 bits per heavy atom. The lowest BCUT2D eigenvalue weighted by molar-refractivity contribution is -0.122. The number of nitrogens with one attached hydrogen (secondary N) is 2. The highest BCUT2D eigenvalue weighted by molar-refractivity contribution is 7.81. The van der Waals surface area contributed by atoms with Gasteiger partial charge in [-0.2, -0.15) is 12.6 Å². The second-order valence-electron chi connectivity index (χ2n) is 5.73. The molecular formula is C14H26N2OS. The van der Waals surface area contributed by atoms with E-state index in [4.69, 9.17) is 0 Å². The Hall–Kier alpha value is -0.220. The molecule has 1 saturated carbocycles. The molecule has 1 aliphatic carbocycles. The predicted molar refractivity (Wildman–Crippen MR) is 78.0 cm³/mol. The molecule has 0 aromatic carbocycles. The van der Waals surface area contributed by atoms with Gasteiger partial charge in [0.05, 0.1) is 5.25 Å². The molecule has 2 N–H and O–H groups in total. The van der Waals surface area contributed by atoms with E-state index in [0.29, 0.717) is 12.0 Å². The summed E-state index contributed by atoms with van der Waals surface area (Å²) in [6.45, 7) is 2.10. The minimum absolute atomic E-state index is 0.0958. The molecule has 0 bridgehead atoms. The lowest BCUT2D eigenvalue weighted by atomic mass is 9.86. The van der Waals surface area contributed by atoms with Crippen molar-refractivity contribution in [3.63, 3.8) is 0 Å². The third-order valence-electron chi connectivity index (χ3n) is 4.29. The maximum atomic E-state index is 12.2. The van der Waals surface area contributed by atoms with Crippen LogP contribution < -0.4 is 10.6 Å². The van der Waals surface area contributed by atoms with Crippen molar-refractivity contribution in [1.82, 2.24) is 10.6 Å². The quantitative estimate of drug-likeness (QED) is 0.688. The Morgan fingerprint density at radius 2 is 1.83 bits per heavy atom. The SMILES string of the molecule is O=C(N[C@H]1CCCNCC1)[C@@H](S)C1CCCCC1.